The SMILES string of the molecule is O=C(Nc1cc(C(F)(F)F)ccc1N1CCN(CCO)CC1)OCc1ccccc1. The third kappa shape index (κ3) is 5.87. The van der Waals surface area contributed by atoms with Crippen molar-refractivity contribution in [3.8, 4) is 0 Å². The number of nitrogens with zero attached hydrogens (tertiary/aromatic N) is 2. The molecule has 9 heteroatoms. The molecule has 0 unspecified atom stereocenters. The Kier molecular flexibility index (Phi) is 7.17. The smallest absolute Gasteiger partial charge is 0.416 e. The summed E-state index contributed by atoms with van der Waals surface area (Å²) < 4.78 is 44.8. The molecule has 0 radical (unpaired) electrons. The number of hydrogen-bond acceptors (Lipinski definition) is 5. The fraction of sp³-hybridized carbons (Fsp3) is 0.381. The minimum Gasteiger partial charge on any atom is -0.444 e. The standard InChI is InChI=1S/C21H24F3N3O3/c22-21(23,24)17-6-7-19(27-10-8-26(9-11-27)12-13-28)18(14-17)25-20(29)30-15-16-4-2-1-3-5-16/h1-7,14,28H,8-13,15H2,(H,25,29). The zero-order valence-electron chi connectivity index (χ0n) is 16.4. The van der Waals surface area contributed by atoms with Crippen LogP contribution in [0.4, 0.5) is 29.3 Å². The van der Waals surface area contributed by atoms with Crippen molar-refractivity contribution in [2.45, 2.75) is 12.8 Å². The zero-order chi connectivity index (χ0) is 21.6. The van der Waals surface area contributed by atoms with Crippen molar-refractivity contribution >= 4 is 17.5 Å². The molecule has 1 aliphatic rings. The van der Waals surface area contributed by atoms with Crippen molar-refractivity contribution in [3.63, 3.8) is 0 Å². The van der Waals surface area contributed by atoms with Crippen LogP contribution in [-0.4, -0.2) is 55.4 Å². The van der Waals surface area contributed by atoms with Crippen LogP contribution < -0.4 is 10.2 Å². The molecule has 1 saturated heterocycles. The number of anilines is 2. The molecule has 1 heterocycles. The number of ether oxygens (including phenoxy) is 1. The van der Waals surface area contributed by atoms with Crippen LogP contribution in [-0.2, 0) is 17.5 Å². The lowest BCUT2D eigenvalue weighted by atomic mass is 10.1. The number of aliphatic hydroxyl groups is 1. The molecule has 1 aliphatic heterocycles. The van der Waals surface area contributed by atoms with E-state index in [-0.39, 0.29) is 18.9 Å². The molecule has 0 spiro atoms. The first-order chi connectivity index (χ1) is 14.4. The number of carbonyl (C=O) groups is 1. The van der Waals surface area contributed by atoms with E-state index in [4.69, 9.17) is 9.84 Å². The lowest BCUT2D eigenvalue weighted by molar-refractivity contribution is -0.137. The lowest BCUT2D eigenvalue weighted by Crippen LogP contribution is -2.47. The van der Waals surface area contributed by atoms with Gasteiger partial charge in [0.15, 0.2) is 0 Å². The molecule has 162 valence electrons. The quantitative estimate of drug-likeness (QED) is 0.744. The van der Waals surface area contributed by atoms with Gasteiger partial charge in [-0.15, -0.1) is 0 Å². The van der Waals surface area contributed by atoms with Crippen LogP contribution in [0, 0.1) is 0 Å². The van der Waals surface area contributed by atoms with Crippen LogP contribution in [0.3, 0.4) is 0 Å². The molecule has 2 aromatic rings. The third-order valence-corrected chi connectivity index (χ3v) is 4.90. The summed E-state index contributed by atoms with van der Waals surface area (Å²) in [4.78, 5) is 16.2. The molecular weight excluding hydrogens is 399 g/mol. The number of aliphatic hydroxyl groups excluding tert-OH is 1. The minimum atomic E-state index is -4.53. The number of halogens is 3. The van der Waals surface area contributed by atoms with Crippen LogP contribution in [0.5, 0.6) is 0 Å². The van der Waals surface area contributed by atoms with Crippen LogP contribution in [0.1, 0.15) is 11.1 Å². The zero-order valence-corrected chi connectivity index (χ0v) is 16.4. The molecule has 30 heavy (non-hydrogen) atoms. The van der Waals surface area contributed by atoms with E-state index in [1.54, 1.807) is 24.3 Å². The van der Waals surface area contributed by atoms with Crippen LogP contribution >= 0.6 is 0 Å². The predicted octanol–water partition coefficient (Wildman–Crippen LogP) is 3.57. The maximum atomic E-state index is 13.2. The molecule has 2 aromatic carbocycles. The van der Waals surface area contributed by atoms with E-state index in [9.17, 15) is 18.0 Å². The first-order valence-electron chi connectivity index (χ1n) is 9.64. The number of nitrogens with one attached hydrogen (secondary N) is 1. The topological polar surface area (TPSA) is 65.0 Å². The molecule has 0 aliphatic carbocycles. The average Bonchev–Trinajstić information content (AvgIpc) is 2.73. The predicted molar refractivity (Wildman–Crippen MR) is 107 cm³/mol. The van der Waals surface area contributed by atoms with Crippen LogP contribution in [0.15, 0.2) is 48.5 Å². The Morgan fingerprint density at radius 1 is 1.07 bits per heavy atom. The molecule has 1 amide bonds. The van der Waals surface area contributed by atoms with Crippen molar-refractivity contribution < 1.29 is 27.8 Å². The normalized spacial score (nSPS) is 15.1. The van der Waals surface area contributed by atoms with Gasteiger partial charge in [0.2, 0.25) is 0 Å². The summed E-state index contributed by atoms with van der Waals surface area (Å²) in [6, 6.07) is 12.3. The molecule has 0 saturated carbocycles. The first-order valence-corrected chi connectivity index (χ1v) is 9.64. The van der Waals surface area contributed by atoms with E-state index in [0.29, 0.717) is 38.4 Å². The number of piperazine rings is 1. The van der Waals surface area contributed by atoms with E-state index >= 15 is 0 Å². The van der Waals surface area contributed by atoms with Crippen molar-refractivity contribution in [3.05, 3.63) is 59.7 Å². The number of hydrogen-bond donors (Lipinski definition) is 2. The summed E-state index contributed by atoms with van der Waals surface area (Å²) >= 11 is 0. The highest BCUT2D eigenvalue weighted by atomic mass is 19.4. The van der Waals surface area contributed by atoms with Gasteiger partial charge in [0, 0.05) is 32.7 Å². The van der Waals surface area contributed by atoms with E-state index in [1.807, 2.05) is 11.0 Å². The van der Waals surface area contributed by atoms with Crippen molar-refractivity contribution in [1.29, 1.82) is 0 Å². The second-order valence-electron chi connectivity index (χ2n) is 6.97. The van der Waals surface area contributed by atoms with Gasteiger partial charge in [0.1, 0.15) is 6.61 Å². The number of benzene rings is 2. The highest BCUT2D eigenvalue weighted by Gasteiger charge is 2.32. The highest BCUT2D eigenvalue weighted by Crippen LogP contribution is 2.36. The number of alkyl halides is 3. The number of β-amino-alcohol motifs (C(OH)–C–C–N with tert-alkyl or cyclic N) is 1. The minimum absolute atomic E-state index is 0.0147. The van der Waals surface area contributed by atoms with Gasteiger partial charge < -0.3 is 14.7 Å². The number of carbonyl (C=O) groups excluding carboxylic acids is 1. The van der Waals surface area contributed by atoms with Crippen LogP contribution in [0.25, 0.3) is 0 Å². The number of rotatable bonds is 6. The second kappa shape index (κ2) is 9.82. The molecular formula is C21H24F3N3O3. The Morgan fingerprint density at radius 2 is 1.77 bits per heavy atom. The second-order valence-corrected chi connectivity index (χ2v) is 6.97. The Labute approximate surface area is 172 Å². The van der Waals surface area contributed by atoms with Gasteiger partial charge in [-0.05, 0) is 23.8 Å². The summed E-state index contributed by atoms with van der Waals surface area (Å²) in [5.41, 5.74) is 0.488. The van der Waals surface area contributed by atoms with Crippen LogP contribution in [0.2, 0.25) is 0 Å². The lowest BCUT2D eigenvalue weighted by Gasteiger charge is -2.36. The van der Waals surface area contributed by atoms with Gasteiger partial charge in [-0.1, -0.05) is 30.3 Å². The monoisotopic (exact) mass is 423 g/mol. The summed E-state index contributed by atoms with van der Waals surface area (Å²) in [6.45, 7) is 3.09. The summed E-state index contributed by atoms with van der Waals surface area (Å²) in [7, 11) is 0. The molecule has 0 aromatic heterocycles. The van der Waals surface area contributed by atoms with E-state index in [2.05, 4.69) is 10.2 Å². The van der Waals surface area contributed by atoms with Gasteiger partial charge >= 0.3 is 12.3 Å². The third-order valence-electron chi connectivity index (χ3n) is 4.90. The molecule has 0 atom stereocenters. The van der Waals surface area contributed by atoms with E-state index in [1.165, 1.54) is 6.07 Å². The highest BCUT2D eigenvalue weighted by molar-refractivity contribution is 5.90. The van der Waals surface area contributed by atoms with E-state index in [0.717, 1.165) is 17.7 Å². The van der Waals surface area contributed by atoms with Gasteiger partial charge in [0.25, 0.3) is 0 Å². The fourth-order valence-corrected chi connectivity index (χ4v) is 3.31. The maximum Gasteiger partial charge on any atom is 0.416 e. The largest absolute Gasteiger partial charge is 0.444 e. The van der Waals surface area contributed by atoms with Gasteiger partial charge in [-0.3, -0.25) is 10.2 Å². The average molecular weight is 423 g/mol. The first kappa shape index (κ1) is 21.9. The Morgan fingerprint density at radius 3 is 2.40 bits per heavy atom. The maximum absolute atomic E-state index is 13.2. The molecule has 1 fully saturated rings. The summed E-state index contributed by atoms with van der Waals surface area (Å²) in [6.07, 6.45) is -5.35. The van der Waals surface area contributed by atoms with Gasteiger partial charge in [-0.25, -0.2) is 4.79 Å². The summed E-state index contributed by atoms with van der Waals surface area (Å²) in [5.74, 6) is 0. The number of amides is 1. The summed E-state index contributed by atoms with van der Waals surface area (Å²) in [5, 5.41) is 11.5. The molecule has 6 nitrogen and oxygen atoms in total. The Balaban J connectivity index is 1.74. The molecule has 3 rings (SSSR count). The van der Waals surface area contributed by atoms with Gasteiger partial charge in [0.05, 0.1) is 23.5 Å². The molecule has 0 bridgehead atoms. The van der Waals surface area contributed by atoms with Gasteiger partial charge in [-0.2, -0.15) is 13.2 Å². The fourth-order valence-electron chi connectivity index (χ4n) is 3.31. The van der Waals surface area contributed by atoms with Crippen molar-refractivity contribution in [2.75, 3.05) is 49.5 Å². The van der Waals surface area contributed by atoms with Crippen molar-refractivity contribution in [2.24, 2.45) is 0 Å². The van der Waals surface area contributed by atoms with E-state index < -0.39 is 17.8 Å². The molecule has 2 N–H and O–H groups in total. The van der Waals surface area contributed by atoms with Crippen molar-refractivity contribution in [1.82, 2.24) is 4.90 Å². The Hall–Kier alpha value is -2.78. The Bertz CT molecular complexity index is 838.